The van der Waals surface area contributed by atoms with E-state index in [-0.39, 0.29) is 22.2 Å². The van der Waals surface area contributed by atoms with Crippen molar-refractivity contribution in [3.63, 3.8) is 0 Å². The van der Waals surface area contributed by atoms with E-state index in [1.807, 2.05) is 0 Å². The van der Waals surface area contributed by atoms with E-state index < -0.39 is 11.9 Å². The minimum Gasteiger partial charge on any atom is -0.396 e. The van der Waals surface area contributed by atoms with Crippen LogP contribution in [0.1, 0.15) is 18.2 Å². The molecule has 1 saturated heterocycles. The van der Waals surface area contributed by atoms with Gasteiger partial charge in [0.1, 0.15) is 10.3 Å². The highest BCUT2D eigenvalue weighted by molar-refractivity contribution is 14.1. The Morgan fingerprint density at radius 3 is 2.94 bits per heavy atom. The molecule has 1 aliphatic heterocycles. The Hall–Kier alpha value is -0.670. The molecule has 0 spiro atoms. The molecule has 17 heavy (non-hydrogen) atoms. The van der Waals surface area contributed by atoms with E-state index in [0.29, 0.717) is 12.0 Å². The number of aliphatic hydroxyl groups excluding tert-OH is 1. The zero-order valence-electron chi connectivity index (χ0n) is 9.22. The normalized spacial score (nSPS) is 28.5. The Morgan fingerprint density at radius 1 is 1.65 bits per heavy atom. The number of halogens is 1. The van der Waals surface area contributed by atoms with Gasteiger partial charge in [0, 0.05) is 30.7 Å². The van der Waals surface area contributed by atoms with Gasteiger partial charge in [-0.15, -0.1) is 0 Å². The van der Waals surface area contributed by atoms with Crippen molar-refractivity contribution in [2.24, 2.45) is 5.92 Å². The quantitative estimate of drug-likeness (QED) is 0.586. The van der Waals surface area contributed by atoms with Crippen LogP contribution in [0.25, 0.3) is 0 Å². The lowest BCUT2D eigenvalue weighted by molar-refractivity contribution is 0.0393. The number of nitrogens with zero attached hydrogens (tertiary/aromatic N) is 1. The smallest absolute Gasteiger partial charge is 0.330 e. The molecule has 0 saturated carbocycles. The molecule has 2 rings (SSSR count). The third kappa shape index (κ3) is 2.45. The molecule has 1 aliphatic rings. The van der Waals surface area contributed by atoms with Crippen molar-refractivity contribution in [1.29, 1.82) is 0 Å². The number of hydrogen-bond donors (Lipinski definition) is 2. The summed E-state index contributed by atoms with van der Waals surface area (Å²) in [5.74, 6) is 0.0136. The topological polar surface area (TPSA) is 84.3 Å². The molecule has 7 heteroatoms. The lowest BCUT2D eigenvalue weighted by Crippen LogP contribution is -2.33. The first kappa shape index (κ1) is 12.8. The predicted molar refractivity (Wildman–Crippen MR) is 69.2 cm³/mol. The van der Waals surface area contributed by atoms with Crippen LogP contribution in [0.3, 0.4) is 0 Å². The number of aliphatic hydroxyl groups is 1. The minimum atomic E-state index is -0.479. The Bertz CT molecular complexity index is 524. The molecule has 2 heterocycles. The third-order valence-electron chi connectivity index (χ3n) is 2.85. The number of aromatic nitrogens is 2. The van der Waals surface area contributed by atoms with E-state index >= 15 is 0 Å². The predicted octanol–water partition coefficient (Wildman–Crippen LogP) is 0.134. The summed E-state index contributed by atoms with van der Waals surface area (Å²) >= 11 is 2.09. The monoisotopic (exact) mass is 352 g/mol. The molecule has 0 bridgehead atoms. The molecule has 0 amide bonds. The maximum atomic E-state index is 11.6. The van der Waals surface area contributed by atoms with Gasteiger partial charge >= 0.3 is 5.69 Å². The van der Waals surface area contributed by atoms with E-state index in [2.05, 4.69) is 27.6 Å². The van der Waals surface area contributed by atoms with Crippen molar-refractivity contribution in [2.75, 3.05) is 6.61 Å². The van der Waals surface area contributed by atoms with Crippen molar-refractivity contribution in [2.45, 2.75) is 23.7 Å². The zero-order valence-corrected chi connectivity index (χ0v) is 11.4. The van der Waals surface area contributed by atoms with Gasteiger partial charge in [-0.2, -0.15) is 0 Å². The van der Waals surface area contributed by atoms with Crippen LogP contribution in [0.4, 0.5) is 0 Å². The molecule has 0 radical (unpaired) electrons. The van der Waals surface area contributed by atoms with Crippen molar-refractivity contribution in [1.82, 2.24) is 9.55 Å². The van der Waals surface area contributed by atoms with Gasteiger partial charge < -0.3 is 9.84 Å². The Kier molecular flexibility index (Phi) is 3.69. The maximum absolute atomic E-state index is 11.6. The highest BCUT2D eigenvalue weighted by Gasteiger charge is 2.34. The molecular weight excluding hydrogens is 339 g/mol. The summed E-state index contributed by atoms with van der Waals surface area (Å²) in [6, 6.07) is 0. The highest BCUT2D eigenvalue weighted by atomic mass is 127. The molecule has 0 aromatic carbocycles. The molecule has 94 valence electrons. The molecule has 1 aromatic rings. The van der Waals surface area contributed by atoms with Crippen LogP contribution in [0.2, 0.25) is 0 Å². The number of aryl methyl sites for hydroxylation is 1. The summed E-state index contributed by atoms with van der Waals surface area (Å²) in [5, 5.41) is 9.14. The molecule has 3 atom stereocenters. The summed E-state index contributed by atoms with van der Waals surface area (Å²) in [6.07, 6.45) is 1.64. The second-order valence-corrected chi connectivity index (χ2v) is 5.33. The van der Waals surface area contributed by atoms with Crippen LogP contribution in [0.15, 0.2) is 15.8 Å². The van der Waals surface area contributed by atoms with Crippen LogP contribution >= 0.6 is 22.6 Å². The van der Waals surface area contributed by atoms with Crippen LogP contribution in [-0.4, -0.2) is 25.4 Å². The van der Waals surface area contributed by atoms with E-state index in [1.54, 1.807) is 6.92 Å². The van der Waals surface area contributed by atoms with Crippen LogP contribution < -0.4 is 11.2 Å². The first-order chi connectivity index (χ1) is 8.02. The van der Waals surface area contributed by atoms with Crippen molar-refractivity contribution >= 4 is 22.6 Å². The average molecular weight is 352 g/mol. The number of rotatable bonds is 2. The summed E-state index contributed by atoms with van der Waals surface area (Å²) in [6.45, 7) is 1.66. The molecule has 2 N–H and O–H groups in total. The van der Waals surface area contributed by atoms with Gasteiger partial charge in [-0.3, -0.25) is 14.3 Å². The Balaban J connectivity index is 2.34. The molecule has 1 fully saturated rings. The van der Waals surface area contributed by atoms with Gasteiger partial charge in [0.25, 0.3) is 5.56 Å². The zero-order chi connectivity index (χ0) is 12.6. The summed E-state index contributed by atoms with van der Waals surface area (Å²) in [4.78, 5) is 25.1. The fourth-order valence-electron chi connectivity index (χ4n) is 1.82. The van der Waals surface area contributed by atoms with Gasteiger partial charge in [0.2, 0.25) is 0 Å². The molecule has 0 unspecified atom stereocenters. The lowest BCUT2D eigenvalue weighted by Gasteiger charge is -2.13. The second-order valence-electron chi connectivity index (χ2n) is 4.10. The standard InChI is InChI=1S/C10H13IN2O4/c1-5-3-13(10(16)12-9(5)15)7-2-6(4-14)8(11)17-7/h3,6-8,14H,2,4H2,1H3,(H,12,15,16)/t6-,7+,8+/m1/s1. The maximum Gasteiger partial charge on any atom is 0.330 e. The van der Waals surface area contributed by atoms with Gasteiger partial charge in [-0.25, -0.2) is 4.79 Å². The number of alkyl halides is 1. The third-order valence-corrected chi connectivity index (χ3v) is 4.16. The van der Waals surface area contributed by atoms with Gasteiger partial charge in [-0.1, -0.05) is 22.6 Å². The lowest BCUT2D eigenvalue weighted by atomic mass is 10.1. The van der Waals surface area contributed by atoms with Gasteiger partial charge in [0.15, 0.2) is 0 Å². The number of ether oxygens (including phenoxy) is 1. The Morgan fingerprint density at radius 2 is 2.35 bits per heavy atom. The number of aromatic amines is 1. The van der Waals surface area contributed by atoms with Gasteiger partial charge in [-0.05, 0) is 6.92 Å². The van der Waals surface area contributed by atoms with Gasteiger partial charge in [0.05, 0.1) is 0 Å². The first-order valence-electron chi connectivity index (χ1n) is 5.25. The van der Waals surface area contributed by atoms with E-state index in [0.717, 1.165) is 0 Å². The number of H-pyrrole nitrogens is 1. The summed E-state index contributed by atoms with van der Waals surface area (Å²) in [5.41, 5.74) is -0.396. The summed E-state index contributed by atoms with van der Waals surface area (Å²) < 4.78 is 6.84. The van der Waals surface area contributed by atoms with Crippen molar-refractivity contribution in [3.8, 4) is 0 Å². The van der Waals surface area contributed by atoms with E-state index in [1.165, 1.54) is 10.8 Å². The fraction of sp³-hybridized carbons (Fsp3) is 0.600. The SMILES string of the molecule is Cc1cn([C@@H]2C[C@H](CO)[C@@H](I)O2)c(=O)[nH]c1=O. The van der Waals surface area contributed by atoms with Crippen LogP contribution in [-0.2, 0) is 4.74 Å². The average Bonchev–Trinajstić information content (AvgIpc) is 2.65. The number of nitrogens with one attached hydrogen (secondary N) is 1. The second kappa shape index (κ2) is 4.91. The summed E-state index contributed by atoms with van der Waals surface area (Å²) in [7, 11) is 0. The Labute approximate surface area is 111 Å². The van der Waals surface area contributed by atoms with E-state index in [4.69, 9.17) is 9.84 Å². The fourth-order valence-corrected chi connectivity index (χ4v) is 2.68. The molecule has 0 aliphatic carbocycles. The largest absolute Gasteiger partial charge is 0.396 e. The van der Waals surface area contributed by atoms with Crippen LogP contribution in [0, 0.1) is 12.8 Å². The van der Waals surface area contributed by atoms with Crippen molar-refractivity contribution in [3.05, 3.63) is 32.6 Å². The number of hydrogen-bond acceptors (Lipinski definition) is 4. The first-order valence-corrected chi connectivity index (χ1v) is 6.50. The van der Waals surface area contributed by atoms with Crippen LogP contribution in [0.5, 0.6) is 0 Å². The molecule has 1 aromatic heterocycles. The van der Waals surface area contributed by atoms with E-state index in [9.17, 15) is 9.59 Å². The van der Waals surface area contributed by atoms with Crippen molar-refractivity contribution < 1.29 is 9.84 Å². The highest BCUT2D eigenvalue weighted by Crippen LogP contribution is 2.35. The minimum absolute atomic E-state index is 0.0136. The molecule has 6 nitrogen and oxygen atoms in total. The molecular formula is C10H13IN2O4.